The number of ether oxygens (including phenoxy) is 1. The predicted octanol–water partition coefficient (Wildman–Crippen LogP) is 24.4. The molecule has 0 saturated carbocycles. The average Bonchev–Trinajstić information content (AvgIpc) is 3.49. The number of rotatable bonds is 70. The lowest BCUT2D eigenvalue weighted by Gasteiger charge is -2.20. The molecule has 0 saturated heterocycles. The molecule has 0 fully saturated rings. The van der Waals surface area contributed by atoms with E-state index in [9.17, 15) is 19.8 Å². The zero-order valence-electron chi connectivity index (χ0n) is 55.9. The summed E-state index contributed by atoms with van der Waals surface area (Å²) in [4.78, 5) is 24.6. The highest BCUT2D eigenvalue weighted by Gasteiger charge is 2.18. The number of nitrogens with one attached hydrogen (secondary N) is 1. The molecule has 2 unspecified atom stereocenters. The van der Waals surface area contributed by atoms with Crippen LogP contribution in [0, 0.1) is 0 Å². The van der Waals surface area contributed by atoms with E-state index in [1.807, 2.05) is 6.08 Å². The van der Waals surface area contributed by atoms with Crippen molar-refractivity contribution in [1.82, 2.24) is 5.32 Å². The lowest BCUT2D eigenvalue weighted by atomic mass is 10.0. The zero-order chi connectivity index (χ0) is 59.9. The summed E-state index contributed by atoms with van der Waals surface area (Å²) in [6.45, 7) is 4.91. The van der Waals surface area contributed by atoms with Gasteiger partial charge in [0, 0.05) is 12.8 Å². The van der Waals surface area contributed by atoms with Crippen LogP contribution in [0.2, 0.25) is 0 Å². The topological polar surface area (TPSA) is 95.9 Å². The van der Waals surface area contributed by atoms with Crippen LogP contribution in [0.3, 0.4) is 0 Å². The zero-order valence-corrected chi connectivity index (χ0v) is 55.9. The van der Waals surface area contributed by atoms with Crippen molar-refractivity contribution < 1.29 is 24.5 Å². The highest BCUT2D eigenvalue weighted by atomic mass is 16.5. The second-order valence-corrected chi connectivity index (χ2v) is 25.6. The van der Waals surface area contributed by atoms with Crippen LogP contribution in [-0.4, -0.2) is 47.4 Å². The van der Waals surface area contributed by atoms with Gasteiger partial charge in [0.1, 0.15) is 0 Å². The fourth-order valence-electron chi connectivity index (χ4n) is 11.6. The van der Waals surface area contributed by atoms with E-state index in [1.165, 1.54) is 327 Å². The quantitative estimate of drug-likeness (QED) is 0.0320. The minimum absolute atomic E-state index is 0.00180. The Hall–Kier alpha value is -2.18. The molecule has 0 heterocycles. The molecule has 0 aliphatic rings. The van der Waals surface area contributed by atoms with Gasteiger partial charge >= 0.3 is 5.97 Å². The van der Waals surface area contributed by atoms with Gasteiger partial charge in [-0.1, -0.05) is 351 Å². The maximum atomic E-state index is 12.5. The summed E-state index contributed by atoms with van der Waals surface area (Å²) >= 11 is 0. The molecule has 2 atom stereocenters. The SMILES string of the molecule is CCCCC/C=C\CCCCCCCC(=O)OCCCCCCCCCCC/C=C\C/C=C\CCCCCCCCCCCCCCCC(=O)NC(CO)C(O)/C=C/CCCCCCCCCCCCCCCCCCCCCCCCC. The first kappa shape index (κ1) is 80.8. The Morgan fingerprint density at radius 2 is 0.602 bits per heavy atom. The Morgan fingerprint density at radius 1 is 0.337 bits per heavy atom. The van der Waals surface area contributed by atoms with E-state index >= 15 is 0 Å². The van der Waals surface area contributed by atoms with Gasteiger partial charge in [0.05, 0.1) is 25.4 Å². The van der Waals surface area contributed by atoms with Crippen molar-refractivity contribution >= 4 is 11.9 Å². The number of amides is 1. The number of hydrogen-bond acceptors (Lipinski definition) is 5. The molecule has 3 N–H and O–H groups in total. The van der Waals surface area contributed by atoms with E-state index in [0.717, 1.165) is 51.4 Å². The summed E-state index contributed by atoms with van der Waals surface area (Å²) in [6.07, 6.45) is 94.9. The van der Waals surface area contributed by atoms with Crippen molar-refractivity contribution in [1.29, 1.82) is 0 Å². The normalized spacial score (nSPS) is 12.8. The Labute approximate surface area is 518 Å². The molecule has 1 amide bonds. The minimum Gasteiger partial charge on any atom is -0.466 e. The third-order valence-corrected chi connectivity index (χ3v) is 17.3. The van der Waals surface area contributed by atoms with Gasteiger partial charge in [0.2, 0.25) is 5.91 Å². The first-order valence-electron chi connectivity index (χ1n) is 37.4. The van der Waals surface area contributed by atoms with Crippen LogP contribution in [0.5, 0.6) is 0 Å². The summed E-state index contributed by atoms with van der Waals surface area (Å²) in [5.41, 5.74) is 0. The first-order valence-corrected chi connectivity index (χ1v) is 37.4. The third-order valence-electron chi connectivity index (χ3n) is 17.3. The van der Waals surface area contributed by atoms with Crippen LogP contribution in [0.1, 0.15) is 406 Å². The number of unbranched alkanes of at least 4 members (excludes halogenated alkanes) is 53. The molecule has 0 aliphatic carbocycles. The molecule has 6 heteroatoms. The maximum absolute atomic E-state index is 12.5. The van der Waals surface area contributed by atoms with Crippen molar-refractivity contribution in [2.75, 3.05) is 13.2 Å². The smallest absolute Gasteiger partial charge is 0.305 e. The number of aliphatic hydroxyl groups excluding tert-OH is 2. The molecule has 0 aliphatic heterocycles. The van der Waals surface area contributed by atoms with Gasteiger partial charge in [-0.25, -0.2) is 0 Å². The van der Waals surface area contributed by atoms with Crippen LogP contribution in [0.15, 0.2) is 48.6 Å². The first-order chi connectivity index (χ1) is 41.0. The van der Waals surface area contributed by atoms with Crippen LogP contribution in [0.4, 0.5) is 0 Å². The van der Waals surface area contributed by atoms with Gasteiger partial charge in [0.25, 0.3) is 0 Å². The Morgan fingerprint density at radius 3 is 0.952 bits per heavy atom. The van der Waals surface area contributed by atoms with E-state index in [-0.39, 0.29) is 18.5 Å². The molecule has 0 rings (SSSR count). The Bertz CT molecular complexity index is 1390. The van der Waals surface area contributed by atoms with Gasteiger partial charge in [-0.15, -0.1) is 0 Å². The second kappa shape index (κ2) is 72.3. The number of carbonyl (C=O) groups is 2. The molecular weight excluding hydrogens is 1020 g/mol. The van der Waals surface area contributed by atoms with E-state index in [2.05, 4.69) is 55.6 Å². The standard InChI is InChI=1S/C77H145NO5/c1-3-5-7-9-11-13-15-17-18-19-20-21-22-28-31-34-37-40-43-46-49-53-57-61-65-69-75(80)74(73-79)78-76(81)70-66-62-58-54-50-47-44-41-38-35-32-29-26-24-23-25-27-30-33-36-39-42-45-48-52-56-60-64-68-72-83-77(82)71-67-63-59-55-51-16-14-12-10-8-6-4-2/h12,14,23,25,30,33,65,69,74-75,79-80H,3-11,13,15-22,24,26-29,31-32,34-64,66-68,70-73H2,1-2H3,(H,78,81)/b14-12-,25-23-,33-30-,69-65+. The molecule has 0 spiro atoms. The number of hydrogen-bond donors (Lipinski definition) is 3. The van der Waals surface area contributed by atoms with Crippen molar-refractivity contribution in [2.45, 2.75) is 418 Å². The van der Waals surface area contributed by atoms with E-state index in [0.29, 0.717) is 19.4 Å². The van der Waals surface area contributed by atoms with Crippen LogP contribution >= 0.6 is 0 Å². The molecule has 0 aromatic heterocycles. The van der Waals surface area contributed by atoms with Crippen LogP contribution in [-0.2, 0) is 14.3 Å². The summed E-state index contributed by atoms with van der Waals surface area (Å²) in [7, 11) is 0. The molecule has 0 aromatic carbocycles. The number of allylic oxidation sites excluding steroid dienone is 7. The number of aliphatic hydroxyl groups is 2. The van der Waals surface area contributed by atoms with E-state index < -0.39 is 12.1 Å². The van der Waals surface area contributed by atoms with Gasteiger partial charge in [-0.05, 0) is 89.9 Å². The van der Waals surface area contributed by atoms with Gasteiger partial charge in [0.15, 0.2) is 0 Å². The Balaban J connectivity index is 3.44. The van der Waals surface area contributed by atoms with Crippen molar-refractivity contribution in [3.63, 3.8) is 0 Å². The lowest BCUT2D eigenvalue weighted by Crippen LogP contribution is -2.45. The van der Waals surface area contributed by atoms with E-state index in [1.54, 1.807) is 6.08 Å². The monoisotopic (exact) mass is 1160 g/mol. The molecule has 488 valence electrons. The highest BCUT2D eigenvalue weighted by Crippen LogP contribution is 2.19. The summed E-state index contributed by atoms with van der Waals surface area (Å²) < 4.78 is 5.47. The molecule has 0 radical (unpaired) electrons. The molecular formula is C77H145NO5. The van der Waals surface area contributed by atoms with Crippen LogP contribution in [0.25, 0.3) is 0 Å². The minimum atomic E-state index is -0.848. The van der Waals surface area contributed by atoms with Gasteiger partial charge in [-0.2, -0.15) is 0 Å². The molecule has 0 aromatic rings. The Kier molecular flexibility index (Phi) is 70.4. The molecule has 0 bridgehead atoms. The van der Waals surface area contributed by atoms with Crippen molar-refractivity contribution in [3.05, 3.63) is 48.6 Å². The lowest BCUT2D eigenvalue weighted by molar-refractivity contribution is -0.143. The van der Waals surface area contributed by atoms with Crippen LogP contribution < -0.4 is 5.32 Å². The van der Waals surface area contributed by atoms with Gasteiger partial charge in [-0.3, -0.25) is 9.59 Å². The fraction of sp³-hybridized carbons (Fsp3) is 0.870. The number of carbonyl (C=O) groups excluding carboxylic acids is 2. The average molecular weight is 1170 g/mol. The van der Waals surface area contributed by atoms with Gasteiger partial charge < -0.3 is 20.3 Å². The van der Waals surface area contributed by atoms with E-state index in [4.69, 9.17) is 4.74 Å². The highest BCUT2D eigenvalue weighted by molar-refractivity contribution is 5.76. The second-order valence-electron chi connectivity index (χ2n) is 25.6. The third kappa shape index (κ3) is 68.8. The van der Waals surface area contributed by atoms with Crippen molar-refractivity contribution in [3.8, 4) is 0 Å². The van der Waals surface area contributed by atoms with Crippen molar-refractivity contribution in [2.24, 2.45) is 0 Å². The summed E-state index contributed by atoms with van der Waals surface area (Å²) in [6, 6.07) is -0.631. The summed E-state index contributed by atoms with van der Waals surface area (Å²) in [5, 5.41) is 23.3. The summed E-state index contributed by atoms with van der Waals surface area (Å²) in [5.74, 6) is -0.0631. The number of esters is 1. The molecule has 6 nitrogen and oxygen atoms in total. The fourth-order valence-corrected chi connectivity index (χ4v) is 11.6. The maximum Gasteiger partial charge on any atom is 0.305 e. The molecule has 83 heavy (non-hydrogen) atoms. The largest absolute Gasteiger partial charge is 0.466 e. The predicted molar refractivity (Wildman–Crippen MR) is 366 cm³/mol.